The number of rotatable bonds is 4. The van der Waals surface area contributed by atoms with Gasteiger partial charge >= 0.3 is 5.97 Å². The van der Waals surface area contributed by atoms with Crippen LogP contribution in [0.4, 0.5) is 0 Å². The second kappa shape index (κ2) is 5.01. The Morgan fingerprint density at radius 2 is 2.30 bits per heavy atom. The minimum absolute atomic E-state index is 0.247. The van der Waals surface area contributed by atoms with E-state index in [0.29, 0.717) is 18.3 Å². The first-order valence-electron chi connectivity index (χ1n) is 6.72. The van der Waals surface area contributed by atoms with Crippen molar-refractivity contribution in [2.45, 2.75) is 38.5 Å². The fraction of sp³-hybridized carbons (Fsp3) is 0.500. The van der Waals surface area contributed by atoms with Gasteiger partial charge in [-0.15, -0.1) is 0 Å². The van der Waals surface area contributed by atoms with Gasteiger partial charge in [0.2, 0.25) is 11.7 Å². The van der Waals surface area contributed by atoms with Crippen molar-refractivity contribution < 1.29 is 14.1 Å². The van der Waals surface area contributed by atoms with Crippen LogP contribution >= 0.6 is 11.3 Å². The Balaban J connectivity index is 1.93. The maximum atomic E-state index is 12.2. The molecule has 0 aliphatic heterocycles. The van der Waals surface area contributed by atoms with E-state index < -0.39 is 5.41 Å². The van der Waals surface area contributed by atoms with Crippen LogP contribution in [0, 0.1) is 6.92 Å². The SMILES string of the molecule is CCOC(=O)C1(c2nc(-c3cscc3C)no2)CCC1. The van der Waals surface area contributed by atoms with Crippen LogP contribution in [0.15, 0.2) is 15.3 Å². The normalized spacial score (nSPS) is 16.7. The standard InChI is InChI=1S/C14H16N2O3S/c1-3-18-13(17)14(5-4-6-14)12-15-11(16-19-12)10-8-20-7-9(10)2/h7-8H,3-6H2,1-2H3. The lowest BCUT2D eigenvalue weighted by Crippen LogP contribution is -2.44. The third-order valence-electron chi connectivity index (χ3n) is 3.81. The molecule has 0 saturated heterocycles. The third-order valence-corrected chi connectivity index (χ3v) is 4.67. The molecule has 0 atom stereocenters. The van der Waals surface area contributed by atoms with Gasteiger partial charge in [-0.05, 0) is 37.6 Å². The molecule has 0 amide bonds. The Morgan fingerprint density at radius 3 is 2.85 bits per heavy atom. The number of ether oxygens (including phenoxy) is 1. The lowest BCUT2D eigenvalue weighted by molar-refractivity contribution is -0.155. The highest BCUT2D eigenvalue weighted by Crippen LogP contribution is 2.44. The third kappa shape index (κ3) is 1.95. The van der Waals surface area contributed by atoms with Crippen LogP contribution in [0.3, 0.4) is 0 Å². The van der Waals surface area contributed by atoms with Crippen molar-refractivity contribution in [2.75, 3.05) is 6.61 Å². The molecule has 3 rings (SSSR count). The topological polar surface area (TPSA) is 65.2 Å². The molecule has 106 valence electrons. The molecule has 1 saturated carbocycles. The second-order valence-corrected chi connectivity index (χ2v) is 5.79. The van der Waals surface area contributed by atoms with Gasteiger partial charge in [-0.25, -0.2) is 0 Å². The summed E-state index contributed by atoms with van der Waals surface area (Å²) >= 11 is 1.60. The Hall–Kier alpha value is -1.69. The Labute approximate surface area is 121 Å². The zero-order chi connectivity index (χ0) is 14.2. The molecule has 1 aliphatic carbocycles. The van der Waals surface area contributed by atoms with Crippen LogP contribution in [0.25, 0.3) is 11.4 Å². The lowest BCUT2D eigenvalue weighted by atomic mass is 9.68. The molecule has 2 aromatic rings. The van der Waals surface area contributed by atoms with Gasteiger partial charge in [0.05, 0.1) is 6.61 Å². The summed E-state index contributed by atoms with van der Waals surface area (Å²) in [6.45, 7) is 4.18. The summed E-state index contributed by atoms with van der Waals surface area (Å²) in [4.78, 5) is 16.6. The first-order valence-corrected chi connectivity index (χ1v) is 7.66. The molecular formula is C14H16N2O3S. The molecular weight excluding hydrogens is 276 g/mol. The molecule has 5 nitrogen and oxygen atoms in total. The van der Waals surface area contributed by atoms with Crippen LogP contribution in [0.2, 0.25) is 0 Å². The maximum Gasteiger partial charge on any atom is 0.321 e. The average Bonchev–Trinajstić information content (AvgIpc) is 2.97. The fourth-order valence-corrected chi connectivity index (χ4v) is 3.25. The number of hydrogen-bond acceptors (Lipinski definition) is 6. The Bertz CT molecular complexity index is 628. The lowest BCUT2D eigenvalue weighted by Gasteiger charge is -2.35. The van der Waals surface area contributed by atoms with Gasteiger partial charge in [-0.2, -0.15) is 16.3 Å². The van der Waals surface area contributed by atoms with Crippen molar-refractivity contribution in [1.29, 1.82) is 0 Å². The molecule has 0 bridgehead atoms. The van der Waals surface area contributed by atoms with Crippen LogP contribution in [0.1, 0.15) is 37.6 Å². The molecule has 0 spiro atoms. The van der Waals surface area contributed by atoms with Crippen molar-refractivity contribution in [1.82, 2.24) is 10.1 Å². The summed E-state index contributed by atoms with van der Waals surface area (Å²) in [5.41, 5.74) is 1.36. The van der Waals surface area contributed by atoms with Gasteiger partial charge in [-0.1, -0.05) is 11.6 Å². The first kappa shape index (κ1) is 13.3. The number of nitrogens with zero attached hydrogens (tertiary/aromatic N) is 2. The highest BCUT2D eigenvalue weighted by molar-refractivity contribution is 7.08. The number of hydrogen-bond donors (Lipinski definition) is 0. The second-order valence-electron chi connectivity index (χ2n) is 5.05. The quantitative estimate of drug-likeness (QED) is 0.810. The van der Waals surface area contributed by atoms with Crippen molar-refractivity contribution in [3.05, 3.63) is 22.2 Å². The largest absolute Gasteiger partial charge is 0.465 e. The fourth-order valence-electron chi connectivity index (χ4n) is 2.42. The summed E-state index contributed by atoms with van der Waals surface area (Å²) in [7, 11) is 0. The molecule has 0 unspecified atom stereocenters. The van der Waals surface area contributed by atoms with Crippen molar-refractivity contribution in [2.24, 2.45) is 0 Å². The van der Waals surface area contributed by atoms with Gasteiger partial charge in [0.15, 0.2) is 0 Å². The summed E-state index contributed by atoms with van der Waals surface area (Å²) in [6.07, 6.45) is 2.42. The number of carbonyl (C=O) groups excluding carboxylic acids is 1. The van der Waals surface area contributed by atoms with E-state index in [-0.39, 0.29) is 5.97 Å². The van der Waals surface area contributed by atoms with E-state index in [9.17, 15) is 4.79 Å². The van der Waals surface area contributed by atoms with Crippen molar-refractivity contribution >= 4 is 17.3 Å². The molecule has 0 radical (unpaired) electrons. The smallest absolute Gasteiger partial charge is 0.321 e. The van der Waals surface area contributed by atoms with Crippen LogP contribution < -0.4 is 0 Å². The minimum Gasteiger partial charge on any atom is -0.465 e. The number of aryl methyl sites for hydroxylation is 1. The van der Waals surface area contributed by atoms with E-state index in [4.69, 9.17) is 9.26 Å². The Kier molecular flexibility index (Phi) is 3.33. The van der Waals surface area contributed by atoms with E-state index >= 15 is 0 Å². The van der Waals surface area contributed by atoms with E-state index in [1.165, 1.54) is 0 Å². The van der Waals surface area contributed by atoms with Crippen molar-refractivity contribution in [3.63, 3.8) is 0 Å². The summed E-state index contributed by atoms with van der Waals surface area (Å²) in [5, 5.41) is 8.05. The zero-order valence-electron chi connectivity index (χ0n) is 11.5. The molecule has 0 N–H and O–H groups in total. The molecule has 1 fully saturated rings. The number of carbonyl (C=O) groups is 1. The zero-order valence-corrected chi connectivity index (χ0v) is 12.3. The molecule has 6 heteroatoms. The predicted octanol–water partition coefficient (Wildman–Crippen LogP) is 3.09. The van der Waals surface area contributed by atoms with Gasteiger partial charge in [-0.3, -0.25) is 4.79 Å². The minimum atomic E-state index is -0.717. The molecule has 2 aromatic heterocycles. The van der Waals surface area contributed by atoms with Gasteiger partial charge in [0.1, 0.15) is 5.41 Å². The van der Waals surface area contributed by atoms with Crippen molar-refractivity contribution in [3.8, 4) is 11.4 Å². The van der Waals surface area contributed by atoms with Crippen LogP contribution in [-0.4, -0.2) is 22.7 Å². The summed E-state index contributed by atoms with van der Waals surface area (Å²) < 4.78 is 10.5. The molecule has 2 heterocycles. The molecule has 0 aromatic carbocycles. The monoisotopic (exact) mass is 292 g/mol. The van der Waals surface area contributed by atoms with E-state index in [1.807, 2.05) is 17.7 Å². The first-order chi connectivity index (χ1) is 9.67. The number of thiophene rings is 1. The maximum absolute atomic E-state index is 12.2. The van der Waals surface area contributed by atoms with Crippen LogP contribution in [-0.2, 0) is 14.9 Å². The number of aromatic nitrogens is 2. The summed E-state index contributed by atoms with van der Waals surface area (Å²) in [5.74, 6) is 0.695. The Morgan fingerprint density at radius 1 is 1.50 bits per heavy atom. The van der Waals surface area contributed by atoms with Gasteiger partial charge < -0.3 is 9.26 Å². The van der Waals surface area contributed by atoms with Gasteiger partial charge in [0, 0.05) is 10.9 Å². The average molecular weight is 292 g/mol. The van der Waals surface area contributed by atoms with Crippen LogP contribution in [0.5, 0.6) is 0 Å². The number of esters is 1. The molecule has 20 heavy (non-hydrogen) atoms. The van der Waals surface area contributed by atoms with E-state index in [2.05, 4.69) is 10.1 Å². The van der Waals surface area contributed by atoms with E-state index in [1.54, 1.807) is 18.3 Å². The molecule has 1 aliphatic rings. The highest BCUT2D eigenvalue weighted by Gasteiger charge is 2.52. The van der Waals surface area contributed by atoms with E-state index in [0.717, 1.165) is 30.4 Å². The summed E-state index contributed by atoms with van der Waals surface area (Å²) in [6, 6.07) is 0. The highest BCUT2D eigenvalue weighted by atomic mass is 32.1. The predicted molar refractivity (Wildman–Crippen MR) is 74.5 cm³/mol. The van der Waals surface area contributed by atoms with Gasteiger partial charge in [0.25, 0.3) is 0 Å².